The van der Waals surface area contributed by atoms with Crippen LogP contribution in [0.5, 0.6) is 0 Å². The molecule has 1 N–H and O–H groups in total. The molecule has 1 atom stereocenters. The molecule has 1 heterocycles. The van der Waals surface area contributed by atoms with Gasteiger partial charge >= 0.3 is 0 Å². The van der Waals surface area contributed by atoms with Crippen LogP contribution in [0.25, 0.3) is 0 Å². The molecule has 0 aromatic carbocycles. The highest BCUT2D eigenvalue weighted by Gasteiger charge is 2.15. The SMILES string of the molecule is CCCC(CNC)n1nc(C)c(C)c1C. The van der Waals surface area contributed by atoms with Gasteiger partial charge in [-0.3, -0.25) is 4.68 Å². The van der Waals surface area contributed by atoms with Crippen molar-refractivity contribution in [3.63, 3.8) is 0 Å². The van der Waals surface area contributed by atoms with E-state index in [9.17, 15) is 0 Å². The van der Waals surface area contributed by atoms with E-state index in [1.165, 1.54) is 24.1 Å². The predicted octanol–water partition coefficient (Wildman–Crippen LogP) is 2.37. The Labute approximate surface area is 92.9 Å². The second-order valence-corrected chi connectivity index (χ2v) is 4.24. The van der Waals surface area contributed by atoms with Crippen molar-refractivity contribution in [2.45, 2.75) is 46.6 Å². The van der Waals surface area contributed by atoms with Crippen LogP contribution in [0.2, 0.25) is 0 Å². The van der Waals surface area contributed by atoms with Crippen molar-refractivity contribution < 1.29 is 0 Å². The third-order valence-electron chi connectivity index (χ3n) is 3.09. The van der Waals surface area contributed by atoms with Crippen LogP contribution in [0, 0.1) is 20.8 Å². The van der Waals surface area contributed by atoms with Gasteiger partial charge in [-0.1, -0.05) is 13.3 Å². The minimum absolute atomic E-state index is 0.493. The monoisotopic (exact) mass is 209 g/mol. The lowest BCUT2D eigenvalue weighted by Gasteiger charge is -2.18. The van der Waals surface area contributed by atoms with Gasteiger partial charge in [0.2, 0.25) is 0 Å². The zero-order chi connectivity index (χ0) is 11.4. The number of aryl methyl sites for hydroxylation is 1. The summed E-state index contributed by atoms with van der Waals surface area (Å²) in [5, 5.41) is 7.87. The maximum absolute atomic E-state index is 4.62. The first-order chi connectivity index (χ1) is 7.11. The van der Waals surface area contributed by atoms with Crippen LogP contribution in [-0.2, 0) is 0 Å². The zero-order valence-corrected chi connectivity index (χ0v) is 10.6. The summed E-state index contributed by atoms with van der Waals surface area (Å²) in [6.07, 6.45) is 2.38. The minimum atomic E-state index is 0.493. The standard InChI is InChI=1S/C12H23N3/c1-6-7-12(8-13-5)15-11(4)9(2)10(3)14-15/h12-13H,6-8H2,1-5H3. The molecule has 0 spiro atoms. The van der Waals surface area contributed by atoms with Crippen molar-refractivity contribution in [1.82, 2.24) is 15.1 Å². The molecular formula is C12H23N3. The van der Waals surface area contributed by atoms with E-state index in [1.807, 2.05) is 7.05 Å². The molecule has 0 fully saturated rings. The lowest BCUT2D eigenvalue weighted by molar-refractivity contribution is 0.398. The summed E-state index contributed by atoms with van der Waals surface area (Å²) in [5.74, 6) is 0. The van der Waals surface area contributed by atoms with E-state index in [0.29, 0.717) is 6.04 Å². The van der Waals surface area contributed by atoms with Crippen LogP contribution in [-0.4, -0.2) is 23.4 Å². The lowest BCUT2D eigenvalue weighted by atomic mass is 10.1. The normalized spacial score (nSPS) is 13.1. The summed E-state index contributed by atoms with van der Waals surface area (Å²) in [4.78, 5) is 0. The van der Waals surface area contributed by atoms with E-state index >= 15 is 0 Å². The molecule has 15 heavy (non-hydrogen) atoms. The Balaban J connectivity index is 2.94. The molecule has 3 nitrogen and oxygen atoms in total. The van der Waals surface area contributed by atoms with E-state index in [2.05, 4.69) is 42.8 Å². The highest BCUT2D eigenvalue weighted by Crippen LogP contribution is 2.19. The Morgan fingerprint density at radius 2 is 2.00 bits per heavy atom. The van der Waals surface area contributed by atoms with E-state index < -0.39 is 0 Å². The Hall–Kier alpha value is -0.830. The van der Waals surface area contributed by atoms with Gasteiger partial charge in [0, 0.05) is 12.2 Å². The molecule has 0 amide bonds. The van der Waals surface area contributed by atoms with Gasteiger partial charge in [-0.25, -0.2) is 0 Å². The molecule has 0 radical (unpaired) electrons. The van der Waals surface area contributed by atoms with E-state index in [1.54, 1.807) is 0 Å². The van der Waals surface area contributed by atoms with E-state index in [4.69, 9.17) is 0 Å². The average molecular weight is 209 g/mol. The average Bonchev–Trinajstić information content (AvgIpc) is 2.46. The second kappa shape index (κ2) is 5.31. The first-order valence-electron chi connectivity index (χ1n) is 5.78. The fourth-order valence-corrected chi connectivity index (χ4v) is 1.98. The molecule has 1 aromatic rings. The van der Waals surface area contributed by atoms with Crippen LogP contribution in [0.1, 0.15) is 42.8 Å². The number of nitrogens with zero attached hydrogens (tertiary/aromatic N) is 2. The summed E-state index contributed by atoms with van der Waals surface area (Å²) in [7, 11) is 2.00. The summed E-state index contributed by atoms with van der Waals surface area (Å²) in [6, 6.07) is 0.493. The Bertz CT molecular complexity index is 309. The van der Waals surface area contributed by atoms with Crippen LogP contribution in [0.4, 0.5) is 0 Å². The van der Waals surface area contributed by atoms with Crippen LogP contribution < -0.4 is 5.32 Å². The molecule has 0 bridgehead atoms. The number of hydrogen-bond donors (Lipinski definition) is 1. The summed E-state index contributed by atoms with van der Waals surface area (Å²) in [5.41, 5.74) is 3.79. The van der Waals surface area contributed by atoms with Crippen molar-refractivity contribution in [2.75, 3.05) is 13.6 Å². The molecule has 0 saturated carbocycles. The largest absolute Gasteiger partial charge is 0.318 e. The zero-order valence-electron chi connectivity index (χ0n) is 10.6. The highest BCUT2D eigenvalue weighted by atomic mass is 15.3. The molecular weight excluding hydrogens is 186 g/mol. The molecule has 0 saturated heterocycles. The van der Waals surface area contributed by atoms with Crippen LogP contribution in [0.3, 0.4) is 0 Å². The number of likely N-dealkylation sites (N-methyl/N-ethyl adjacent to an activating group) is 1. The Morgan fingerprint density at radius 3 is 2.40 bits per heavy atom. The molecule has 0 aliphatic rings. The van der Waals surface area contributed by atoms with Gasteiger partial charge in [-0.05, 0) is 39.8 Å². The van der Waals surface area contributed by atoms with E-state index in [0.717, 1.165) is 12.2 Å². The lowest BCUT2D eigenvalue weighted by Crippen LogP contribution is -2.24. The molecule has 1 aromatic heterocycles. The van der Waals surface area contributed by atoms with Gasteiger partial charge in [0.1, 0.15) is 0 Å². The van der Waals surface area contributed by atoms with Crippen molar-refractivity contribution in [2.24, 2.45) is 0 Å². The molecule has 0 aliphatic carbocycles. The smallest absolute Gasteiger partial charge is 0.0646 e. The fourth-order valence-electron chi connectivity index (χ4n) is 1.98. The molecule has 1 unspecified atom stereocenters. The van der Waals surface area contributed by atoms with Gasteiger partial charge in [0.25, 0.3) is 0 Å². The number of hydrogen-bond acceptors (Lipinski definition) is 2. The summed E-state index contributed by atoms with van der Waals surface area (Å²) < 4.78 is 2.19. The van der Waals surface area contributed by atoms with Crippen molar-refractivity contribution >= 4 is 0 Å². The minimum Gasteiger partial charge on any atom is -0.318 e. The third kappa shape index (κ3) is 2.59. The molecule has 0 aliphatic heterocycles. The molecule has 86 valence electrons. The van der Waals surface area contributed by atoms with Gasteiger partial charge in [-0.15, -0.1) is 0 Å². The first-order valence-corrected chi connectivity index (χ1v) is 5.78. The Kier molecular flexibility index (Phi) is 4.33. The number of rotatable bonds is 5. The second-order valence-electron chi connectivity index (χ2n) is 4.24. The van der Waals surface area contributed by atoms with Gasteiger partial charge in [0.05, 0.1) is 11.7 Å². The topological polar surface area (TPSA) is 29.9 Å². The van der Waals surface area contributed by atoms with Crippen LogP contribution >= 0.6 is 0 Å². The van der Waals surface area contributed by atoms with Crippen molar-refractivity contribution in [3.05, 3.63) is 17.0 Å². The van der Waals surface area contributed by atoms with Crippen molar-refractivity contribution in [3.8, 4) is 0 Å². The van der Waals surface area contributed by atoms with Gasteiger partial charge < -0.3 is 5.32 Å². The van der Waals surface area contributed by atoms with Crippen LogP contribution in [0.15, 0.2) is 0 Å². The van der Waals surface area contributed by atoms with E-state index in [-0.39, 0.29) is 0 Å². The summed E-state index contributed by atoms with van der Waals surface area (Å²) >= 11 is 0. The third-order valence-corrected chi connectivity index (χ3v) is 3.09. The summed E-state index contributed by atoms with van der Waals surface area (Å²) in [6.45, 7) is 9.61. The quantitative estimate of drug-likeness (QED) is 0.807. The highest BCUT2D eigenvalue weighted by molar-refractivity contribution is 5.22. The van der Waals surface area contributed by atoms with Gasteiger partial charge in [0.15, 0.2) is 0 Å². The fraction of sp³-hybridized carbons (Fsp3) is 0.750. The van der Waals surface area contributed by atoms with Gasteiger partial charge in [-0.2, -0.15) is 5.10 Å². The maximum atomic E-state index is 4.62. The molecule has 3 heteroatoms. The number of aromatic nitrogens is 2. The first kappa shape index (κ1) is 12.2. The van der Waals surface area contributed by atoms with Crippen molar-refractivity contribution in [1.29, 1.82) is 0 Å². The maximum Gasteiger partial charge on any atom is 0.0646 e. The number of nitrogens with one attached hydrogen (secondary N) is 1. The molecule has 1 rings (SSSR count). The predicted molar refractivity (Wildman–Crippen MR) is 64.3 cm³/mol. The Morgan fingerprint density at radius 1 is 1.33 bits per heavy atom.